The highest BCUT2D eigenvalue weighted by molar-refractivity contribution is 8.18. The van der Waals surface area contributed by atoms with Gasteiger partial charge in [0.05, 0.1) is 10.6 Å². The van der Waals surface area contributed by atoms with Crippen LogP contribution in [-0.2, 0) is 4.79 Å². The minimum absolute atomic E-state index is 0.158. The van der Waals surface area contributed by atoms with Crippen molar-refractivity contribution in [2.24, 2.45) is 4.99 Å². The zero-order valence-electron chi connectivity index (χ0n) is 10.9. The van der Waals surface area contributed by atoms with Gasteiger partial charge in [0.1, 0.15) is 0 Å². The Bertz CT molecular complexity index is 741. The normalized spacial score (nSPS) is 18.2. The molecule has 1 fully saturated rings. The minimum atomic E-state index is -0.158. The van der Waals surface area contributed by atoms with Crippen molar-refractivity contribution in [2.75, 3.05) is 0 Å². The summed E-state index contributed by atoms with van der Waals surface area (Å²) >= 11 is 7.41. The quantitative estimate of drug-likeness (QED) is 0.843. The van der Waals surface area contributed by atoms with Crippen LogP contribution in [0.3, 0.4) is 0 Å². The maximum atomic E-state index is 12.0. The average Bonchev–Trinajstić information content (AvgIpc) is 2.82. The molecule has 0 spiro atoms. The predicted octanol–water partition coefficient (Wildman–Crippen LogP) is 4.23. The molecule has 3 rings (SSSR count). The van der Waals surface area contributed by atoms with E-state index in [2.05, 4.69) is 10.3 Å². The van der Waals surface area contributed by atoms with Gasteiger partial charge < -0.3 is 5.32 Å². The van der Waals surface area contributed by atoms with Crippen LogP contribution in [0.4, 0.5) is 5.69 Å². The molecule has 3 nitrogen and oxygen atoms in total. The number of amidine groups is 1. The van der Waals surface area contributed by atoms with Crippen LogP contribution in [0, 0.1) is 0 Å². The van der Waals surface area contributed by atoms with Crippen LogP contribution in [-0.4, -0.2) is 11.1 Å². The lowest BCUT2D eigenvalue weighted by atomic mass is 10.2. The number of carbonyl (C=O) groups is 1. The number of hydrogen-bond donors (Lipinski definition) is 1. The van der Waals surface area contributed by atoms with Crippen LogP contribution in [0.2, 0.25) is 5.02 Å². The van der Waals surface area contributed by atoms with E-state index in [1.54, 1.807) is 12.1 Å². The lowest BCUT2D eigenvalue weighted by molar-refractivity contribution is -0.115. The van der Waals surface area contributed by atoms with Crippen molar-refractivity contribution >= 4 is 46.2 Å². The topological polar surface area (TPSA) is 41.5 Å². The molecule has 1 aliphatic heterocycles. The molecule has 5 heteroatoms. The van der Waals surface area contributed by atoms with Gasteiger partial charge in [-0.2, -0.15) is 0 Å². The summed E-state index contributed by atoms with van der Waals surface area (Å²) in [5.41, 5.74) is 1.62. The monoisotopic (exact) mass is 314 g/mol. The van der Waals surface area contributed by atoms with Crippen LogP contribution in [0.1, 0.15) is 5.56 Å². The van der Waals surface area contributed by atoms with E-state index in [0.29, 0.717) is 15.1 Å². The fraction of sp³-hybridized carbons (Fsp3) is 0. The first-order valence-corrected chi connectivity index (χ1v) is 7.51. The fourth-order valence-corrected chi connectivity index (χ4v) is 2.86. The maximum Gasteiger partial charge on any atom is 0.264 e. The molecule has 0 unspecified atom stereocenters. The van der Waals surface area contributed by atoms with Gasteiger partial charge in [-0.05, 0) is 41.6 Å². The molecule has 1 heterocycles. The molecule has 21 heavy (non-hydrogen) atoms. The molecule has 1 aliphatic rings. The highest BCUT2D eigenvalue weighted by Gasteiger charge is 2.23. The third kappa shape index (κ3) is 3.35. The van der Waals surface area contributed by atoms with E-state index >= 15 is 0 Å². The number of hydrogen-bond acceptors (Lipinski definition) is 3. The summed E-state index contributed by atoms with van der Waals surface area (Å²) in [6.45, 7) is 0. The van der Waals surface area contributed by atoms with E-state index in [4.69, 9.17) is 11.6 Å². The molecule has 0 bridgehead atoms. The van der Waals surface area contributed by atoms with Crippen LogP contribution in [0.5, 0.6) is 0 Å². The molecular weight excluding hydrogens is 304 g/mol. The number of carbonyl (C=O) groups excluding carboxylic acids is 1. The van der Waals surface area contributed by atoms with Crippen molar-refractivity contribution in [2.45, 2.75) is 0 Å². The molecule has 0 saturated carbocycles. The molecule has 1 saturated heterocycles. The molecule has 2 aromatic carbocycles. The zero-order chi connectivity index (χ0) is 14.7. The van der Waals surface area contributed by atoms with E-state index in [1.807, 2.05) is 48.5 Å². The number of rotatable bonds is 2. The highest BCUT2D eigenvalue weighted by atomic mass is 35.5. The van der Waals surface area contributed by atoms with Crippen molar-refractivity contribution in [3.05, 3.63) is 70.1 Å². The number of para-hydroxylation sites is 1. The second-order valence-electron chi connectivity index (χ2n) is 4.34. The number of aliphatic imine (C=N–C) groups is 1. The molecule has 0 atom stereocenters. The summed E-state index contributed by atoms with van der Waals surface area (Å²) in [6, 6.07) is 16.9. The summed E-state index contributed by atoms with van der Waals surface area (Å²) in [6.07, 6.45) is 1.77. The Kier molecular flexibility index (Phi) is 4.08. The number of thioether (sulfide) groups is 1. The van der Waals surface area contributed by atoms with E-state index in [-0.39, 0.29) is 5.91 Å². The lowest BCUT2D eigenvalue weighted by Crippen LogP contribution is -2.19. The summed E-state index contributed by atoms with van der Waals surface area (Å²) in [7, 11) is 0. The number of benzene rings is 2. The van der Waals surface area contributed by atoms with Crippen LogP contribution in [0.15, 0.2) is 64.5 Å². The Balaban J connectivity index is 1.86. The van der Waals surface area contributed by atoms with Gasteiger partial charge in [-0.1, -0.05) is 48.0 Å². The number of nitrogens with one attached hydrogen (secondary N) is 1. The fourth-order valence-electron chi connectivity index (χ4n) is 1.83. The van der Waals surface area contributed by atoms with Crippen molar-refractivity contribution < 1.29 is 4.79 Å². The molecular formula is C16H11ClN2OS. The molecule has 104 valence electrons. The second kappa shape index (κ2) is 6.16. The SMILES string of the molecule is O=C1NC(=Nc2ccccc2)S/C1=C\c1ccccc1Cl. The van der Waals surface area contributed by atoms with E-state index in [9.17, 15) is 4.79 Å². The third-order valence-corrected chi connectivity index (χ3v) is 4.08. The number of amides is 1. The summed E-state index contributed by atoms with van der Waals surface area (Å²) in [4.78, 5) is 16.9. The first kappa shape index (κ1) is 13.9. The average molecular weight is 315 g/mol. The summed E-state index contributed by atoms with van der Waals surface area (Å²) in [5, 5.41) is 3.95. The van der Waals surface area contributed by atoms with Gasteiger partial charge in [0.25, 0.3) is 5.91 Å². The van der Waals surface area contributed by atoms with E-state index in [1.165, 1.54) is 11.8 Å². The van der Waals surface area contributed by atoms with Crippen LogP contribution in [0.25, 0.3) is 6.08 Å². The molecule has 0 aromatic heterocycles. The largest absolute Gasteiger partial charge is 0.300 e. The Labute approximate surface area is 131 Å². The smallest absolute Gasteiger partial charge is 0.264 e. The van der Waals surface area contributed by atoms with Gasteiger partial charge in [0.15, 0.2) is 5.17 Å². The molecule has 0 radical (unpaired) electrons. The zero-order valence-corrected chi connectivity index (χ0v) is 12.5. The first-order valence-electron chi connectivity index (χ1n) is 6.31. The van der Waals surface area contributed by atoms with Crippen molar-refractivity contribution in [3.63, 3.8) is 0 Å². The summed E-state index contributed by atoms with van der Waals surface area (Å²) < 4.78 is 0. The lowest BCUT2D eigenvalue weighted by Gasteiger charge is -1.97. The van der Waals surface area contributed by atoms with Crippen LogP contribution < -0.4 is 5.32 Å². The van der Waals surface area contributed by atoms with Gasteiger partial charge in [-0.25, -0.2) is 4.99 Å². The molecule has 2 aromatic rings. The van der Waals surface area contributed by atoms with Crippen molar-refractivity contribution in [3.8, 4) is 0 Å². The van der Waals surface area contributed by atoms with Gasteiger partial charge >= 0.3 is 0 Å². The Morgan fingerprint density at radius 1 is 1.05 bits per heavy atom. The summed E-state index contributed by atoms with van der Waals surface area (Å²) in [5.74, 6) is -0.158. The van der Waals surface area contributed by atoms with Gasteiger partial charge in [-0.15, -0.1) is 0 Å². The van der Waals surface area contributed by atoms with E-state index < -0.39 is 0 Å². The molecule has 1 N–H and O–H groups in total. The molecule has 1 amide bonds. The van der Waals surface area contributed by atoms with Crippen molar-refractivity contribution in [1.82, 2.24) is 5.32 Å². The second-order valence-corrected chi connectivity index (χ2v) is 5.78. The maximum absolute atomic E-state index is 12.0. The van der Waals surface area contributed by atoms with Crippen molar-refractivity contribution in [1.29, 1.82) is 0 Å². The standard InChI is InChI=1S/C16H11ClN2OS/c17-13-9-5-4-6-11(13)10-14-15(20)19-16(21-14)18-12-7-2-1-3-8-12/h1-10H,(H,18,19,20)/b14-10-. The minimum Gasteiger partial charge on any atom is -0.300 e. The van der Waals surface area contributed by atoms with Crippen LogP contribution >= 0.6 is 23.4 Å². The van der Waals surface area contributed by atoms with Gasteiger partial charge in [0.2, 0.25) is 0 Å². The molecule has 0 aliphatic carbocycles. The number of halogens is 1. The third-order valence-electron chi connectivity index (χ3n) is 2.83. The van der Waals surface area contributed by atoms with Gasteiger partial charge in [-0.3, -0.25) is 4.79 Å². The Morgan fingerprint density at radius 2 is 1.76 bits per heavy atom. The van der Waals surface area contributed by atoms with E-state index in [0.717, 1.165) is 11.3 Å². The highest BCUT2D eigenvalue weighted by Crippen LogP contribution is 2.29. The number of nitrogens with zero attached hydrogens (tertiary/aromatic N) is 1. The Hall–Kier alpha value is -2.04. The first-order chi connectivity index (χ1) is 10.2. The predicted molar refractivity (Wildman–Crippen MR) is 88.7 cm³/mol. The van der Waals surface area contributed by atoms with Gasteiger partial charge in [0, 0.05) is 5.02 Å². The Morgan fingerprint density at radius 3 is 2.52 bits per heavy atom.